The van der Waals surface area contributed by atoms with E-state index in [1.54, 1.807) is 7.11 Å². The Morgan fingerprint density at radius 2 is 1.83 bits per heavy atom. The quantitative estimate of drug-likeness (QED) is 0.681. The lowest BCUT2D eigenvalue weighted by Crippen LogP contribution is -2.62. The molecule has 2 fully saturated rings. The van der Waals surface area contributed by atoms with Crippen LogP contribution >= 0.6 is 0 Å². The van der Waals surface area contributed by atoms with Crippen molar-refractivity contribution in [1.29, 1.82) is 0 Å². The Morgan fingerprint density at radius 3 is 2.17 bits per heavy atom. The number of nitrogens with one attached hydrogen (secondary N) is 2. The fourth-order valence-electron chi connectivity index (χ4n) is 2.45. The first-order chi connectivity index (χ1) is 8.52. The number of carbonyl (C=O) groups is 2. The van der Waals surface area contributed by atoms with Crippen LogP contribution in [-0.4, -0.2) is 41.9 Å². The van der Waals surface area contributed by atoms with Gasteiger partial charge in [-0.05, 0) is 38.5 Å². The molecule has 2 rings (SSSR count). The van der Waals surface area contributed by atoms with Crippen molar-refractivity contribution >= 4 is 12.0 Å². The monoisotopic (exact) mass is 256 g/mol. The van der Waals surface area contributed by atoms with E-state index < -0.39 is 17.5 Å². The lowest BCUT2D eigenvalue weighted by molar-refractivity contribution is -0.148. The number of carboxylic acids is 1. The van der Waals surface area contributed by atoms with Crippen LogP contribution in [0, 0.1) is 0 Å². The number of carboxylic acid groups (broad SMARTS) is 1. The molecule has 0 bridgehead atoms. The number of ether oxygens (including phenoxy) is 1. The van der Waals surface area contributed by atoms with Crippen molar-refractivity contribution in [3.63, 3.8) is 0 Å². The standard InChI is InChI=1S/C12H20N2O4/c1-18-11(4-2-5-11)8-13-10(17)14-12(9(15)16)6-3-7-12/h2-8H2,1H3,(H,15,16)(H2,13,14,17). The van der Waals surface area contributed by atoms with Crippen LogP contribution in [0.15, 0.2) is 0 Å². The second kappa shape index (κ2) is 4.76. The first-order valence-electron chi connectivity index (χ1n) is 6.37. The van der Waals surface area contributed by atoms with Crippen molar-refractivity contribution in [3.05, 3.63) is 0 Å². The molecule has 2 aliphatic carbocycles. The average Bonchev–Trinajstić information content (AvgIpc) is 2.22. The number of urea groups is 1. The number of aliphatic carboxylic acids is 1. The summed E-state index contributed by atoms with van der Waals surface area (Å²) in [4.78, 5) is 22.8. The van der Waals surface area contributed by atoms with Crippen molar-refractivity contribution in [3.8, 4) is 0 Å². The maximum Gasteiger partial charge on any atom is 0.329 e. The van der Waals surface area contributed by atoms with E-state index in [2.05, 4.69) is 10.6 Å². The maximum atomic E-state index is 11.7. The van der Waals surface area contributed by atoms with Gasteiger partial charge in [0, 0.05) is 13.7 Å². The topological polar surface area (TPSA) is 87.7 Å². The average molecular weight is 256 g/mol. The van der Waals surface area contributed by atoms with Crippen LogP contribution in [0.3, 0.4) is 0 Å². The third kappa shape index (κ3) is 2.29. The zero-order valence-electron chi connectivity index (χ0n) is 10.6. The predicted molar refractivity (Wildman–Crippen MR) is 64.3 cm³/mol. The molecule has 0 aromatic heterocycles. The van der Waals surface area contributed by atoms with Gasteiger partial charge in [-0.3, -0.25) is 0 Å². The largest absolute Gasteiger partial charge is 0.480 e. The van der Waals surface area contributed by atoms with Crippen LogP contribution in [-0.2, 0) is 9.53 Å². The van der Waals surface area contributed by atoms with Gasteiger partial charge >= 0.3 is 12.0 Å². The Hall–Kier alpha value is -1.30. The molecule has 3 N–H and O–H groups in total. The molecule has 2 amide bonds. The Kier molecular flexibility index (Phi) is 3.47. The molecular formula is C12H20N2O4. The molecular weight excluding hydrogens is 236 g/mol. The van der Waals surface area contributed by atoms with Crippen LogP contribution in [0.4, 0.5) is 4.79 Å². The number of amides is 2. The Balaban J connectivity index is 1.80. The van der Waals surface area contributed by atoms with Crippen molar-refractivity contribution in [2.45, 2.75) is 49.7 Å². The van der Waals surface area contributed by atoms with Gasteiger partial charge in [-0.2, -0.15) is 0 Å². The summed E-state index contributed by atoms with van der Waals surface area (Å²) in [7, 11) is 1.64. The number of methoxy groups -OCH3 is 1. The number of hydrogen-bond acceptors (Lipinski definition) is 3. The number of hydrogen-bond donors (Lipinski definition) is 3. The van der Waals surface area contributed by atoms with E-state index in [0.717, 1.165) is 25.7 Å². The third-order valence-corrected chi connectivity index (χ3v) is 4.24. The minimum atomic E-state index is -1.05. The van der Waals surface area contributed by atoms with Gasteiger partial charge in [-0.15, -0.1) is 0 Å². The van der Waals surface area contributed by atoms with Crippen LogP contribution in [0.1, 0.15) is 38.5 Å². The van der Waals surface area contributed by atoms with Gasteiger partial charge in [0.15, 0.2) is 0 Å². The molecule has 0 spiro atoms. The lowest BCUT2D eigenvalue weighted by Gasteiger charge is -2.41. The van der Waals surface area contributed by atoms with E-state index >= 15 is 0 Å². The first-order valence-corrected chi connectivity index (χ1v) is 6.37. The molecule has 0 aromatic carbocycles. The van der Waals surface area contributed by atoms with Gasteiger partial charge in [-0.25, -0.2) is 9.59 Å². The highest BCUT2D eigenvalue weighted by molar-refractivity contribution is 5.87. The molecule has 6 nitrogen and oxygen atoms in total. The summed E-state index contributed by atoms with van der Waals surface area (Å²) >= 11 is 0. The van der Waals surface area contributed by atoms with Crippen molar-refractivity contribution in [2.24, 2.45) is 0 Å². The fraction of sp³-hybridized carbons (Fsp3) is 0.833. The summed E-state index contributed by atoms with van der Waals surface area (Å²) in [6, 6.07) is -0.416. The van der Waals surface area contributed by atoms with Gasteiger partial charge < -0.3 is 20.5 Å². The van der Waals surface area contributed by atoms with Crippen LogP contribution in [0.5, 0.6) is 0 Å². The minimum absolute atomic E-state index is 0.243. The van der Waals surface area contributed by atoms with E-state index in [4.69, 9.17) is 9.84 Å². The zero-order chi connectivity index (χ0) is 13.2. The number of rotatable bonds is 5. The molecule has 0 unspecified atom stereocenters. The van der Waals surface area contributed by atoms with Gasteiger partial charge in [0.25, 0.3) is 0 Å². The molecule has 102 valence electrons. The second-order valence-corrected chi connectivity index (χ2v) is 5.29. The van der Waals surface area contributed by atoms with Crippen molar-refractivity contribution in [2.75, 3.05) is 13.7 Å². The van der Waals surface area contributed by atoms with E-state index in [0.29, 0.717) is 19.4 Å². The summed E-state index contributed by atoms with van der Waals surface area (Å²) in [6.45, 7) is 0.436. The van der Waals surface area contributed by atoms with Crippen molar-refractivity contribution < 1.29 is 19.4 Å². The SMILES string of the molecule is COC1(CNC(=O)NC2(C(=O)O)CCC2)CCC1. The van der Waals surface area contributed by atoms with Gasteiger partial charge in [-0.1, -0.05) is 0 Å². The van der Waals surface area contributed by atoms with Gasteiger partial charge in [0.2, 0.25) is 0 Å². The molecule has 0 atom stereocenters. The lowest BCUT2D eigenvalue weighted by atomic mass is 9.77. The highest BCUT2D eigenvalue weighted by atomic mass is 16.5. The molecule has 2 saturated carbocycles. The summed E-state index contributed by atoms with van der Waals surface area (Å²) in [5, 5.41) is 14.4. The zero-order valence-corrected chi connectivity index (χ0v) is 10.6. The molecule has 18 heavy (non-hydrogen) atoms. The highest BCUT2D eigenvalue weighted by Crippen LogP contribution is 2.34. The Morgan fingerprint density at radius 1 is 1.22 bits per heavy atom. The van der Waals surface area contributed by atoms with E-state index in [1.165, 1.54) is 0 Å². The predicted octanol–water partition coefficient (Wildman–Crippen LogP) is 0.862. The number of carbonyl (C=O) groups excluding carboxylic acids is 1. The summed E-state index contributed by atoms with van der Waals surface area (Å²) in [5.74, 6) is -0.950. The van der Waals surface area contributed by atoms with Crippen LogP contribution in [0.2, 0.25) is 0 Å². The normalized spacial score (nSPS) is 23.4. The molecule has 0 radical (unpaired) electrons. The van der Waals surface area contributed by atoms with Crippen LogP contribution in [0.25, 0.3) is 0 Å². The highest BCUT2D eigenvalue weighted by Gasteiger charge is 2.46. The van der Waals surface area contributed by atoms with E-state index in [1.807, 2.05) is 0 Å². The summed E-state index contributed by atoms with van der Waals surface area (Å²) in [6.07, 6.45) is 4.84. The Bertz CT molecular complexity index is 342. The van der Waals surface area contributed by atoms with Gasteiger partial charge in [0.1, 0.15) is 5.54 Å². The molecule has 0 aliphatic heterocycles. The summed E-state index contributed by atoms with van der Waals surface area (Å²) < 4.78 is 5.38. The molecule has 0 heterocycles. The van der Waals surface area contributed by atoms with E-state index in [9.17, 15) is 9.59 Å². The first kappa shape index (κ1) is 13.1. The maximum absolute atomic E-state index is 11.7. The second-order valence-electron chi connectivity index (χ2n) is 5.29. The third-order valence-electron chi connectivity index (χ3n) is 4.24. The van der Waals surface area contributed by atoms with E-state index in [-0.39, 0.29) is 5.60 Å². The fourth-order valence-corrected chi connectivity index (χ4v) is 2.45. The minimum Gasteiger partial charge on any atom is -0.480 e. The molecule has 6 heteroatoms. The summed E-state index contributed by atoms with van der Waals surface area (Å²) in [5.41, 5.74) is -1.29. The smallest absolute Gasteiger partial charge is 0.329 e. The Labute approximate surface area is 106 Å². The molecule has 2 aliphatic rings. The molecule has 0 aromatic rings. The van der Waals surface area contributed by atoms with Gasteiger partial charge in [0.05, 0.1) is 5.60 Å². The van der Waals surface area contributed by atoms with Crippen molar-refractivity contribution in [1.82, 2.24) is 10.6 Å². The molecule has 0 saturated heterocycles. The van der Waals surface area contributed by atoms with Crippen LogP contribution < -0.4 is 10.6 Å².